The molecule has 170 valence electrons. The topological polar surface area (TPSA) is 60.9 Å². The number of carboxylic acid groups (broad SMARTS) is 1. The Morgan fingerprint density at radius 1 is 0.844 bits per heavy atom. The zero-order chi connectivity index (χ0) is 22.5. The highest BCUT2D eigenvalue weighted by Crippen LogP contribution is 2.26. The standard InChI is InChI=1S/C26H31FN2O3/c27-22-7-5-19(6-8-22)17-20-9-13-28(14-10-20)18-21-11-15-29(16-12-21)25(30)23-3-1-2-4-24(23)26(31)32/h1-8,20-21H,9-18H2,(H,31,32). The Labute approximate surface area is 188 Å². The molecule has 0 aliphatic carbocycles. The van der Waals surface area contributed by atoms with Gasteiger partial charge in [-0.2, -0.15) is 0 Å². The fourth-order valence-electron chi connectivity index (χ4n) is 5.04. The summed E-state index contributed by atoms with van der Waals surface area (Å²) in [5.74, 6) is -0.190. The molecule has 2 fully saturated rings. The molecule has 2 aliphatic heterocycles. The molecule has 0 unspecified atom stereocenters. The third-order valence-corrected chi connectivity index (χ3v) is 6.95. The van der Waals surface area contributed by atoms with Crippen LogP contribution in [0.15, 0.2) is 48.5 Å². The maximum atomic E-state index is 13.1. The molecule has 2 heterocycles. The summed E-state index contributed by atoms with van der Waals surface area (Å²) in [6.07, 6.45) is 5.26. The molecule has 2 saturated heterocycles. The summed E-state index contributed by atoms with van der Waals surface area (Å²) in [5.41, 5.74) is 1.57. The molecule has 2 aromatic carbocycles. The zero-order valence-corrected chi connectivity index (χ0v) is 18.4. The quantitative estimate of drug-likeness (QED) is 0.729. The number of hydrogen-bond acceptors (Lipinski definition) is 3. The first-order valence-corrected chi connectivity index (χ1v) is 11.6. The van der Waals surface area contributed by atoms with Crippen LogP contribution in [0.25, 0.3) is 0 Å². The summed E-state index contributed by atoms with van der Waals surface area (Å²) < 4.78 is 13.1. The van der Waals surface area contributed by atoms with Gasteiger partial charge in [-0.15, -0.1) is 0 Å². The molecule has 6 heteroatoms. The number of carbonyl (C=O) groups excluding carboxylic acids is 1. The van der Waals surface area contributed by atoms with E-state index in [2.05, 4.69) is 4.90 Å². The molecule has 32 heavy (non-hydrogen) atoms. The number of likely N-dealkylation sites (tertiary alicyclic amines) is 2. The van der Waals surface area contributed by atoms with Crippen LogP contribution >= 0.6 is 0 Å². The highest BCUT2D eigenvalue weighted by Gasteiger charge is 2.28. The van der Waals surface area contributed by atoms with E-state index in [9.17, 15) is 19.1 Å². The Balaban J connectivity index is 1.22. The molecule has 5 nitrogen and oxygen atoms in total. The van der Waals surface area contributed by atoms with Crippen molar-refractivity contribution in [2.24, 2.45) is 11.8 Å². The third kappa shape index (κ3) is 5.54. The van der Waals surface area contributed by atoms with E-state index in [1.165, 1.54) is 24.5 Å². The van der Waals surface area contributed by atoms with Gasteiger partial charge in [0.1, 0.15) is 5.82 Å². The number of nitrogens with zero attached hydrogens (tertiary/aromatic N) is 2. The average Bonchev–Trinajstić information content (AvgIpc) is 2.82. The average molecular weight is 439 g/mol. The molecular weight excluding hydrogens is 407 g/mol. The van der Waals surface area contributed by atoms with E-state index in [0.717, 1.165) is 38.9 Å². The van der Waals surface area contributed by atoms with Crippen molar-refractivity contribution in [1.82, 2.24) is 9.80 Å². The molecule has 0 spiro atoms. The van der Waals surface area contributed by atoms with Gasteiger partial charge in [-0.05, 0) is 86.9 Å². The Morgan fingerprint density at radius 2 is 1.44 bits per heavy atom. The molecular formula is C26H31FN2O3. The van der Waals surface area contributed by atoms with Crippen LogP contribution in [-0.4, -0.2) is 59.5 Å². The van der Waals surface area contributed by atoms with Crippen molar-refractivity contribution in [3.8, 4) is 0 Å². The van der Waals surface area contributed by atoms with Gasteiger partial charge in [-0.25, -0.2) is 9.18 Å². The number of halogens is 1. The minimum Gasteiger partial charge on any atom is -0.478 e. The molecule has 1 N–H and O–H groups in total. The fraction of sp³-hybridized carbons (Fsp3) is 0.462. The predicted octanol–water partition coefficient (Wildman–Crippen LogP) is 4.33. The van der Waals surface area contributed by atoms with Crippen molar-refractivity contribution >= 4 is 11.9 Å². The number of benzene rings is 2. The second-order valence-corrected chi connectivity index (χ2v) is 9.16. The van der Waals surface area contributed by atoms with Crippen molar-refractivity contribution in [3.63, 3.8) is 0 Å². The van der Waals surface area contributed by atoms with Gasteiger partial charge in [0.25, 0.3) is 5.91 Å². The van der Waals surface area contributed by atoms with E-state index < -0.39 is 5.97 Å². The summed E-state index contributed by atoms with van der Waals surface area (Å²) in [7, 11) is 0. The lowest BCUT2D eigenvalue weighted by Crippen LogP contribution is -2.43. The number of carboxylic acids is 1. The molecule has 2 aliphatic rings. The molecule has 0 bridgehead atoms. The zero-order valence-electron chi connectivity index (χ0n) is 18.4. The van der Waals surface area contributed by atoms with Crippen molar-refractivity contribution in [2.75, 3.05) is 32.7 Å². The fourth-order valence-corrected chi connectivity index (χ4v) is 5.04. The van der Waals surface area contributed by atoms with E-state index >= 15 is 0 Å². The maximum Gasteiger partial charge on any atom is 0.336 e. The first-order valence-electron chi connectivity index (χ1n) is 11.6. The normalized spacial score (nSPS) is 18.6. The van der Waals surface area contributed by atoms with Crippen molar-refractivity contribution < 1.29 is 19.1 Å². The molecule has 0 aromatic heterocycles. The third-order valence-electron chi connectivity index (χ3n) is 6.95. The van der Waals surface area contributed by atoms with Crippen LogP contribution < -0.4 is 0 Å². The Morgan fingerprint density at radius 3 is 2.06 bits per heavy atom. The molecule has 0 saturated carbocycles. The van der Waals surface area contributed by atoms with Gasteiger partial charge in [-0.3, -0.25) is 4.79 Å². The van der Waals surface area contributed by atoms with Gasteiger partial charge in [-0.1, -0.05) is 24.3 Å². The van der Waals surface area contributed by atoms with Crippen molar-refractivity contribution in [3.05, 3.63) is 71.0 Å². The lowest BCUT2D eigenvalue weighted by atomic mass is 9.89. The van der Waals surface area contributed by atoms with Crippen LogP contribution in [0.2, 0.25) is 0 Å². The number of aromatic carboxylic acids is 1. The minimum atomic E-state index is -1.06. The summed E-state index contributed by atoms with van der Waals surface area (Å²) >= 11 is 0. The predicted molar refractivity (Wildman–Crippen MR) is 121 cm³/mol. The van der Waals surface area contributed by atoms with Crippen LogP contribution in [-0.2, 0) is 6.42 Å². The Hall–Kier alpha value is -2.73. The van der Waals surface area contributed by atoms with E-state index in [1.807, 2.05) is 12.1 Å². The molecule has 4 rings (SSSR count). The summed E-state index contributed by atoms with van der Waals surface area (Å²) in [6.45, 7) is 4.61. The Kier molecular flexibility index (Phi) is 7.20. The van der Waals surface area contributed by atoms with Crippen LogP contribution in [0.3, 0.4) is 0 Å². The van der Waals surface area contributed by atoms with Gasteiger partial charge < -0.3 is 14.9 Å². The number of hydrogen-bond donors (Lipinski definition) is 1. The minimum absolute atomic E-state index is 0.0723. The SMILES string of the molecule is O=C(O)c1ccccc1C(=O)N1CCC(CN2CCC(Cc3ccc(F)cc3)CC2)CC1. The van der Waals surface area contributed by atoms with Crippen LogP contribution in [0.1, 0.15) is 52.0 Å². The van der Waals surface area contributed by atoms with E-state index in [4.69, 9.17) is 0 Å². The summed E-state index contributed by atoms with van der Waals surface area (Å²) in [6, 6.07) is 13.3. The van der Waals surface area contributed by atoms with Crippen molar-refractivity contribution in [1.29, 1.82) is 0 Å². The van der Waals surface area contributed by atoms with E-state index in [-0.39, 0.29) is 22.9 Å². The van der Waals surface area contributed by atoms with E-state index in [0.29, 0.717) is 24.9 Å². The van der Waals surface area contributed by atoms with Crippen LogP contribution in [0.4, 0.5) is 4.39 Å². The largest absolute Gasteiger partial charge is 0.478 e. The maximum absolute atomic E-state index is 13.1. The lowest BCUT2D eigenvalue weighted by molar-refractivity contribution is 0.0627. The van der Waals surface area contributed by atoms with Crippen LogP contribution in [0.5, 0.6) is 0 Å². The van der Waals surface area contributed by atoms with Gasteiger partial charge in [0.05, 0.1) is 11.1 Å². The molecule has 1 amide bonds. The molecule has 0 atom stereocenters. The lowest BCUT2D eigenvalue weighted by Gasteiger charge is -2.38. The first-order chi connectivity index (χ1) is 15.5. The smallest absolute Gasteiger partial charge is 0.336 e. The van der Waals surface area contributed by atoms with Gasteiger partial charge in [0, 0.05) is 19.6 Å². The van der Waals surface area contributed by atoms with Gasteiger partial charge in [0.15, 0.2) is 0 Å². The number of carbonyl (C=O) groups is 2. The second kappa shape index (κ2) is 10.3. The van der Waals surface area contributed by atoms with Gasteiger partial charge >= 0.3 is 5.97 Å². The number of amides is 1. The Bertz CT molecular complexity index is 930. The van der Waals surface area contributed by atoms with Gasteiger partial charge in [0.2, 0.25) is 0 Å². The van der Waals surface area contributed by atoms with Crippen molar-refractivity contribution in [2.45, 2.75) is 32.1 Å². The first kappa shape index (κ1) is 22.5. The summed E-state index contributed by atoms with van der Waals surface area (Å²) in [4.78, 5) is 28.6. The number of piperidine rings is 2. The van der Waals surface area contributed by atoms with Crippen LogP contribution in [0, 0.1) is 17.7 Å². The molecule has 0 radical (unpaired) electrons. The highest BCUT2D eigenvalue weighted by atomic mass is 19.1. The summed E-state index contributed by atoms with van der Waals surface area (Å²) in [5, 5.41) is 9.36. The highest BCUT2D eigenvalue weighted by molar-refractivity contribution is 6.04. The van der Waals surface area contributed by atoms with E-state index in [1.54, 1.807) is 35.2 Å². The molecule has 2 aromatic rings. The second-order valence-electron chi connectivity index (χ2n) is 9.16. The monoisotopic (exact) mass is 438 g/mol. The number of rotatable bonds is 6.